The number of nitro benzene ring substituents is 2. The molecule has 29 heavy (non-hydrogen) atoms. The molecule has 0 spiro atoms. The van der Waals surface area contributed by atoms with Crippen molar-refractivity contribution in [2.24, 2.45) is 5.10 Å². The van der Waals surface area contributed by atoms with E-state index in [0.717, 1.165) is 11.6 Å². The van der Waals surface area contributed by atoms with Crippen molar-refractivity contribution < 1.29 is 14.6 Å². The average molecular weight is 392 g/mol. The van der Waals surface area contributed by atoms with E-state index in [-0.39, 0.29) is 18.0 Å². The van der Waals surface area contributed by atoms with Crippen LogP contribution in [0.25, 0.3) is 0 Å². The van der Waals surface area contributed by atoms with E-state index in [1.165, 1.54) is 12.1 Å². The fourth-order valence-corrected chi connectivity index (χ4v) is 2.49. The fourth-order valence-electron chi connectivity index (χ4n) is 2.49. The Morgan fingerprint density at radius 3 is 2.17 bits per heavy atom. The van der Waals surface area contributed by atoms with Crippen LogP contribution in [0.2, 0.25) is 0 Å². The quantitative estimate of drug-likeness (QED) is 0.345. The zero-order chi connectivity index (χ0) is 20.6. The van der Waals surface area contributed by atoms with Crippen molar-refractivity contribution in [1.82, 2.24) is 0 Å². The molecule has 3 aromatic carbocycles. The summed E-state index contributed by atoms with van der Waals surface area (Å²) in [6.07, 6.45) is 0. The first-order valence-electron chi connectivity index (χ1n) is 8.53. The molecule has 0 amide bonds. The van der Waals surface area contributed by atoms with Gasteiger partial charge in [0.05, 0.1) is 15.9 Å². The Bertz CT molecular complexity index is 1040. The number of nitrogens with one attached hydrogen (secondary N) is 1. The lowest BCUT2D eigenvalue weighted by atomic mass is 10.1. The maximum absolute atomic E-state index is 11.3. The number of nitro groups is 2. The Morgan fingerprint density at radius 1 is 0.897 bits per heavy atom. The van der Waals surface area contributed by atoms with Gasteiger partial charge >= 0.3 is 5.69 Å². The molecule has 0 bridgehead atoms. The van der Waals surface area contributed by atoms with Crippen LogP contribution in [0.1, 0.15) is 5.56 Å². The summed E-state index contributed by atoms with van der Waals surface area (Å²) in [6, 6.07) is 21.7. The summed E-state index contributed by atoms with van der Waals surface area (Å²) in [4.78, 5) is 20.8. The van der Waals surface area contributed by atoms with Gasteiger partial charge in [-0.15, -0.1) is 0 Å². The van der Waals surface area contributed by atoms with Gasteiger partial charge < -0.3 is 4.74 Å². The van der Waals surface area contributed by atoms with Gasteiger partial charge in [-0.05, 0) is 18.2 Å². The van der Waals surface area contributed by atoms with E-state index in [1.54, 1.807) is 12.1 Å². The van der Waals surface area contributed by atoms with Crippen LogP contribution >= 0.6 is 0 Å². The van der Waals surface area contributed by atoms with Crippen LogP contribution in [0, 0.1) is 20.2 Å². The molecule has 0 aliphatic heterocycles. The van der Waals surface area contributed by atoms with Gasteiger partial charge in [-0.25, -0.2) is 0 Å². The maximum atomic E-state index is 11.3. The molecule has 9 heteroatoms. The van der Waals surface area contributed by atoms with Crippen molar-refractivity contribution >= 4 is 22.8 Å². The highest BCUT2D eigenvalue weighted by Crippen LogP contribution is 2.29. The SMILES string of the molecule is O=[N+]([O-])c1ccc(NN=C(COc2ccccc2)c2ccccc2)c([N+](=O)[O-])c1. The van der Waals surface area contributed by atoms with Crippen molar-refractivity contribution in [2.75, 3.05) is 12.0 Å². The number of benzene rings is 3. The molecule has 0 aromatic heterocycles. The van der Waals surface area contributed by atoms with Crippen LogP contribution in [0.4, 0.5) is 17.1 Å². The Balaban J connectivity index is 1.88. The van der Waals surface area contributed by atoms with Crippen LogP contribution in [0.3, 0.4) is 0 Å². The van der Waals surface area contributed by atoms with Gasteiger partial charge in [0, 0.05) is 11.6 Å². The zero-order valence-corrected chi connectivity index (χ0v) is 15.1. The third kappa shape index (κ3) is 5.13. The predicted octanol–water partition coefficient (Wildman–Crippen LogP) is 4.40. The summed E-state index contributed by atoms with van der Waals surface area (Å²) in [5.74, 6) is 0.650. The highest BCUT2D eigenvalue weighted by molar-refractivity contribution is 6.02. The number of ether oxygens (including phenoxy) is 1. The third-order valence-corrected chi connectivity index (χ3v) is 3.93. The maximum Gasteiger partial charge on any atom is 0.301 e. The van der Waals surface area contributed by atoms with Gasteiger partial charge in [-0.3, -0.25) is 25.7 Å². The molecule has 0 aliphatic carbocycles. The Kier molecular flexibility index (Phi) is 6.11. The minimum atomic E-state index is -0.701. The molecular formula is C20H16N4O5. The highest BCUT2D eigenvalue weighted by Gasteiger charge is 2.19. The molecule has 1 N–H and O–H groups in total. The lowest BCUT2D eigenvalue weighted by molar-refractivity contribution is -0.393. The minimum Gasteiger partial charge on any atom is -0.487 e. The third-order valence-electron chi connectivity index (χ3n) is 3.93. The predicted molar refractivity (Wildman–Crippen MR) is 108 cm³/mol. The average Bonchev–Trinajstić information content (AvgIpc) is 2.75. The van der Waals surface area contributed by atoms with E-state index in [2.05, 4.69) is 10.5 Å². The number of non-ortho nitro benzene ring substituents is 1. The molecule has 0 atom stereocenters. The van der Waals surface area contributed by atoms with Gasteiger partial charge in [0.15, 0.2) is 0 Å². The number of nitrogens with zero attached hydrogens (tertiary/aromatic N) is 3. The van der Waals surface area contributed by atoms with Crippen LogP contribution in [0.15, 0.2) is 84.0 Å². The normalized spacial score (nSPS) is 11.0. The molecule has 3 rings (SSSR count). The number of para-hydroxylation sites is 1. The first-order chi connectivity index (χ1) is 14.0. The Morgan fingerprint density at radius 2 is 1.55 bits per heavy atom. The van der Waals surface area contributed by atoms with Gasteiger partial charge in [0.2, 0.25) is 0 Å². The summed E-state index contributed by atoms with van der Waals surface area (Å²) in [7, 11) is 0. The van der Waals surface area contributed by atoms with Gasteiger partial charge in [0.25, 0.3) is 5.69 Å². The van der Waals surface area contributed by atoms with Crippen molar-refractivity contribution in [3.8, 4) is 5.75 Å². The van der Waals surface area contributed by atoms with Crippen molar-refractivity contribution in [2.45, 2.75) is 0 Å². The molecule has 0 saturated carbocycles. The molecule has 0 saturated heterocycles. The number of hydrogen-bond donors (Lipinski definition) is 1. The van der Waals surface area contributed by atoms with Crippen molar-refractivity contribution in [1.29, 1.82) is 0 Å². The van der Waals surface area contributed by atoms with Gasteiger partial charge in [0.1, 0.15) is 23.8 Å². The monoisotopic (exact) mass is 392 g/mol. The van der Waals surface area contributed by atoms with E-state index < -0.39 is 15.5 Å². The first kappa shape index (κ1) is 19.5. The smallest absolute Gasteiger partial charge is 0.301 e. The molecule has 9 nitrogen and oxygen atoms in total. The Hall–Kier alpha value is -4.27. The largest absolute Gasteiger partial charge is 0.487 e. The number of hydrazone groups is 1. The van der Waals surface area contributed by atoms with E-state index in [9.17, 15) is 20.2 Å². The molecular weight excluding hydrogens is 376 g/mol. The van der Waals surface area contributed by atoms with E-state index in [4.69, 9.17) is 4.74 Å². The molecule has 146 valence electrons. The molecule has 0 fully saturated rings. The van der Waals surface area contributed by atoms with E-state index in [1.807, 2.05) is 48.5 Å². The number of rotatable bonds is 8. The molecule has 0 unspecified atom stereocenters. The summed E-state index contributed by atoms with van der Waals surface area (Å²) in [6.45, 7) is 0.113. The van der Waals surface area contributed by atoms with E-state index >= 15 is 0 Å². The molecule has 0 aliphatic rings. The van der Waals surface area contributed by atoms with Crippen molar-refractivity contribution in [3.05, 3.63) is 105 Å². The van der Waals surface area contributed by atoms with Gasteiger partial charge in [-0.1, -0.05) is 48.5 Å². The highest BCUT2D eigenvalue weighted by atomic mass is 16.6. The van der Waals surface area contributed by atoms with Crippen LogP contribution in [-0.2, 0) is 0 Å². The number of hydrogen-bond acceptors (Lipinski definition) is 7. The second-order valence-corrected chi connectivity index (χ2v) is 5.85. The summed E-state index contributed by atoms with van der Waals surface area (Å²) in [5, 5.41) is 26.4. The molecule has 0 heterocycles. The second kappa shape index (κ2) is 9.09. The lowest BCUT2D eigenvalue weighted by Gasteiger charge is -2.10. The van der Waals surface area contributed by atoms with Crippen LogP contribution < -0.4 is 10.2 Å². The topological polar surface area (TPSA) is 120 Å². The standard InChI is InChI=1S/C20H16N4O5/c25-23(26)16-11-12-18(20(13-16)24(27)28)21-22-19(15-7-3-1-4-8-15)14-29-17-9-5-2-6-10-17/h1-13,21H,14H2. The summed E-state index contributed by atoms with van der Waals surface area (Å²) < 4.78 is 5.75. The second-order valence-electron chi connectivity index (χ2n) is 5.85. The molecule has 0 radical (unpaired) electrons. The fraction of sp³-hybridized carbons (Fsp3) is 0.0500. The first-order valence-corrected chi connectivity index (χ1v) is 8.53. The zero-order valence-electron chi connectivity index (χ0n) is 15.1. The van der Waals surface area contributed by atoms with Crippen LogP contribution in [0.5, 0.6) is 5.75 Å². The molecule has 3 aromatic rings. The Labute approximate surface area is 165 Å². The number of anilines is 1. The summed E-state index contributed by atoms with van der Waals surface area (Å²) >= 11 is 0. The summed E-state index contributed by atoms with van der Waals surface area (Å²) in [5.41, 5.74) is 3.12. The minimum absolute atomic E-state index is 0.0359. The van der Waals surface area contributed by atoms with Crippen LogP contribution in [-0.4, -0.2) is 22.2 Å². The van der Waals surface area contributed by atoms with Crippen molar-refractivity contribution in [3.63, 3.8) is 0 Å². The lowest BCUT2D eigenvalue weighted by Crippen LogP contribution is -2.15. The van der Waals surface area contributed by atoms with E-state index in [0.29, 0.717) is 11.5 Å². The van der Waals surface area contributed by atoms with Gasteiger partial charge in [-0.2, -0.15) is 5.10 Å².